The van der Waals surface area contributed by atoms with Crippen LogP contribution >= 0.6 is 0 Å². The van der Waals surface area contributed by atoms with Crippen LogP contribution in [-0.2, 0) is 9.47 Å². The third-order valence-electron chi connectivity index (χ3n) is 2.87. The first-order valence-corrected chi connectivity index (χ1v) is 5.72. The third kappa shape index (κ3) is 3.72. The highest BCUT2D eigenvalue weighted by atomic mass is 16.5. The number of hydrogen-bond donors (Lipinski definition) is 2. The molecule has 0 aromatic heterocycles. The van der Waals surface area contributed by atoms with E-state index in [-0.39, 0.29) is 24.4 Å². The quantitative estimate of drug-likeness (QED) is 0.664. The molecule has 90 valence electrons. The Kier molecular flexibility index (Phi) is 4.99. The van der Waals surface area contributed by atoms with E-state index in [9.17, 15) is 0 Å². The number of ether oxygens (including phenoxy) is 2. The lowest BCUT2D eigenvalue weighted by Crippen LogP contribution is -2.50. The Morgan fingerprint density at radius 3 is 2.47 bits per heavy atom. The summed E-state index contributed by atoms with van der Waals surface area (Å²) in [6.45, 7) is 5.37. The van der Waals surface area contributed by atoms with Crippen molar-refractivity contribution in [3.63, 3.8) is 0 Å². The van der Waals surface area contributed by atoms with E-state index >= 15 is 0 Å². The molecule has 2 atom stereocenters. The SMILES string of the molecule is CC1CC(CN)(OCCCO)CC(C)O1. The van der Waals surface area contributed by atoms with Gasteiger partial charge in [0.15, 0.2) is 0 Å². The van der Waals surface area contributed by atoms with Gasteiger partial charge in [-0.15, -0.1) is 0 Å². The summed E-state index contributed by atoms with van der Waals surface area (Å²) in [6.07, 6.45) is 2.77. The van der Waals surface area contributed by atoms with Crippen LogP contribution in [0.2, 0.25) is 0 Å². The molecular formula is C11H23NO3. The predicted molar refractivity (Wildman–Crippen MR) is 58.7 cm³/mol. The van der Waals surface area contributed by atoms with Crippen molar-refractivity contribution >= 4 is 0 Å². The Bertz CT molecular complexity index is 177. The zero-order valence-electron chi connectivity index (χ0n) is 9.74. The van der Waals surface area contributed by atoms with E-state index in [1.807, 2.05) is 0 Å². The lowest BCUT2D eigenvalue weighted by Gasteiger charge is -2.42. The summed E-state index contributed by atoms with van der Waals surface area (Å²) in [7, 11) is 0. The summed E-state index contributed by atoms with van der Waals surface area (Å²) < 4.78 is 11.5. The van der Waals surface area contributed by atoms with E-state index in [1.54, 1.807) is 0 Å². The first kappa shape index (κ1) is 12.9. The molecule has 1 saturated heterocycles. The molecule has 15 heavy (non-hydrogen) atoms. The molecule has 0 aliphatic carbocycles. The van der Waals surface area contributed by atoms with Crippen LogP contribution in [0, 0.1) is 0 Å². The molecule has 1 fully saturated rings. The van der Waals surface area contributed by atoms with Gasteiger partial charge in [-0.25, -0.2) is 0 Å². The van der Waals surface area contributed by atoms with Crippen molar-refractivity contribution < 1.29 is 14.6 Å². The number of aliphatic hydroxyl groups is 1. The van der Waals surface area contributed by atoms with Crippen molar-refractivity contribution in [1.82, 2.24) is 0 Å². The average molecular weight is 217 g/mol. The second kappa shape index (κ2) is 5.80. The average Bonchev–Trinajstić information content (AvgIpc) is 2.17. The highest BCUT2D eigenvalue weighted by Crippen LogP contribution is 2.31. The van der Waals surface area contributed by atoms with E-state index in [0.717, 1.165) is 12.8 Å². The molecule has 0 bridgehead atoms. The third-order valence-corrected chi connectivity index (χ3v) is 2.87. The molecule has 0 radical (unpaired) electrons. The zero-order valence-corrected chi connectivity index (χ0v) is 9.74. The molecule has 0 saturated carbocycles. The molecular weight excluding hydrogens is 194 g/mol. The predicted octanol–water partition coefficient (Wildman–Crippen LogP) is 0.670. The van der Waals surface area contributed by atoms with Crippen LogP contribution in [-0.4, -0.2) is 42.7 Å². The summed E-state index contributed by atoms with van der Waals surface area (Å²) in [5, 5.41) is 8.72. The Balaban J connectivity index is 2.49. The Morgan fingerprint density at radius 1 is 1.40 bits per heavy atom. The first-order chi connectivity index (χ1) is 7.12. The van der Waals surface area contributed by atoms with Crippen LogP contribution in [0.3, 0.4) is 0 Å². The van der Waals surface area contributed by atoms with Gasteiger partial charge in [0.2, 0.25) is 0 Å². The van der Waals surface area contributed by atoms with Crippen molar-refractivity contribution in [1.29, 1.82) is 0 Å². The van der Waals surface area contributed by atoms with Crippen molar-refractivity contribution in [2.24, 2.45) is 5.73 Å². The van der Waals surface area contributed by atoms with Gasteiger partial charge in [0.05, 0.1) is 17.8 Å². The smallest absolute Gasteiger partial charge is 0.0853 e. The van der Waals surface area contributed by atoms with Gasteiger partial charge in [0.25, 0.3) is 0 Å². The number of aliphatic hydroxyl groups excluding tert-OH is 1. The summed E-state index contributed by atoms with van der Waals surface area (Å²) in [6, 6.07) is 0. The van der Waals surface area contributed by atoms with Crippen LogP contribution in [0.25, 0.3) is 0 Å². The summed E-state index contributed by atoms with van der Waals surface area (Å²) >= 11 is 0. The van der Waals surface area contributed by atoms with E-state index in [0.29, 0.717) is 19.6 Å². The van der Waals surface area contributed by atoms with Crippen LogP contribution in [0.15, 0.2) is 0 Å². The maximum atomic E-state index is 8.72. The molecule has 0 aromatic rings. The maximum absolute atomic E-state index is 8.72. The van der Waals surface area contributed by atoms with Crippen molar-refractivity contribution in [3.05, 3.63) is 0 Å². The van der Waals surface area contributed by atoms with Gasteiger partial charge in [-0.2, -0.15) is 0 Å². The van der Waals surface area contributed by atoms with E-state index in [2.05, 4.69) is 13.8 Å². The molecule has 4 heteroatoms. The van der Waals surface area contributed by atoms with Crippen LogP contribution in [0.5, 0.6) is 0 Å². The van der Waals surface area contributed by atoms with E-state index in [4.69, 9.17) is 20.3 Å². The van der Waals surface area contributed by atoms with Crippen LogP contribution in [0.4, 0.5) is 0 Å². The van der Waals surface area contributed by atoms with Crippen molar-refractivity contribution in [3.8, 4) is 0 Å². The minimum atomic E-state index is -0.244. The molecule has 1 aliphatic rings. The summed E-state index contributed by atoms with van der Waals surface area (Å²) in [4.78, 5) is 0. The lowest BCUT2D eigenvalue weighted by atomic mass is 9.87. The molecule has 0 spiro atoms. The monoisotopic (exact) mass is 217 g/mol. The normalized spacial score (nSPS) is 36.8. The van der Waals surface area contributed by atoms with Crippen molar-refractivity contribution in [2.75, 3.05) is 19.8 Å². The number of nitrogens with two attached hydrogens (primary N) is 1. The molecule has 0 aromatic carbocycles. The van der Waals surface area contributed by atoms with Gasteiger partial charge in [-0.05, 0) is 20.3 Å². The zero-order chi connectivity index (χ0) is 11.3. The Hall–Kier alpha value is -0.160. The minimum Gasteiger partial charge on any atom is -0.396 e. The summed E-state index contributed by atoms with van der Waals surface area (Å²) in [5.74, 6) is 0. The topological polar surface area (TPSA) is 64.7 Å². The van der Waals surface area contributed by atoms with Gasteiger partial charge in [-0.1, -0.05) is 0 Å². The fraction of sp³-hybridized carbons (Fsp3) is 1.00. The van der Waals surface area contributed by atoms with Gasteiger partial charge in [0.1, 0.15) is 0 Å². The van der Waals surface area contributed by atoms with Gasteiger partial charge in [-0.3, -0.25) is 0 Å². The van der Waals surface area contributed by atoms with Crippen LogP contribution < -0.4 is 5.73 Å². The Labute approximate surface area is 91.7 Å². The minimum absolute atomic E-state index is 0.169. The molecule has 2 unspecified atom stereocenters. The lowest BCUT2D eigenvalue weighted by molar-refractivity contribution is -0.156. The summed E-state index contributed by atoms with van der Waals surface area (Å²) in [5.41, 5.74) is 5.56. The van der Waals surface area contributed by atoms with Gasteiger partial charge in [0, 0.05) is 32.6 Å². The van der Waals surface area contributed by atoms with Crippen LogP contribution in [0.1, 0.15) is 33.1 Å². The number of hydrogen-bond acceptors (Lipinski definition) is 4. The fourth-order valence-electron chi connectivity index (χ4n) is 2.32. The fourth-order valence-corrected chi connectivity index (χ4v) is 2.32. The number of rotatable bonds is 5. The first-order valence-electron chi connectivity index (χ1n) is 5.72. The molecule has 1 rings (SSSR count). The largest absolute Gasteiger partial charge is 0.396 e. The highest BCUT2D eigenvalue weighted by molar-refractivity contribution is 4.90. The van der Waals surface area contributed by atoms with E-state index < -0.39 is 0 Å². The molecule has 0 amide bonds. The van der Waals surface area contributed by atoms with Gasteiger partial charge >= 0.3 is 0 Å². The molecule has 3 N–H and O–H groups in total. The maximum Gasteiger partial charge on any atom is 0.0853 e. The van der Waals surface area contributed by atoms with E-state index in [1.165, 1.54) is 0 Å². The molecule has 4 nitrogen and oxygen atoms in total. The standard InChI is InChI=1S/C11H23NO3/c1-9-6-11(8-12,7-10(2)15-9)14-5-3-4-13/h9-10,13H,3-8,12H2,1-2H3. The van der Waals surface area contributed by atoms with Crippen molar-refractivity contribution in [2.45, 2.75) is 50.9 Å². The highest BCUT2D eigenvalue weighted by Gasteiger charge is 2.38. The Morgan fingerprint density at radius 2 is 2.00 bits per heavy atom. The molecule has 1 aliphatic heterocycles. The second-order valence-corrected chi connectivity index (χ2v) is 4.48. The molecule has 1 heterocycles. The second-order valence-electron chi connectivity index (χ2n) is 4.48. The van der Waals surface area contributed by atoms with Gasteiger partial charge < -0.3 is 20.3 Å².